The topological polar surface area (TPSA) is 77.5 Å². The van der Waals surface area contributed by atoms with Crippen LogP contribution in [0.4, 0.5) is 4.79 Å². The zero-order valence-electron chi connectivity index (χ0n) is 20.3. The minimum atomic E-state index is -0.535. The van der Waals surface area contributed by atoms with Gasteiger partial charge in [-0.15, -0.1) is 0 Å². The molecule has 0 atom stereocenters. The van der Waals surface area contributed by atoms with Crippen LogP contribution in [0.3, 0.4) is 0 Å². The average molecular weight is 446 g/mol. The van der Waals surface area contributed by atoms with Crippen molar-refractivity contribution in [3.8, 4) is 5.75 Å². The average Bonchev–Trinajstić information content (AvgIpc) is 2.92. The van der Waals surface area contributed by atoms with Crippen molar-refractivity contribution >= 4 is 24.6 Å². The van der Waals surface area contributed by atoms with Crippen molar-refractivity contribution in [3.63, 3.8) is 0 Å². The molecule has 0 aliphatic carbocycles. The van der Waals surface area contributed by atoms with Crippen molar-refractivity contribution in [2.24, 2.45) is 0 Å². The van der Waals surface area contributed by atoms with E-state index in [0.29, 0.717) is 31.9 Å². The van der Waals surface area contributed by atoms with Crippen LogP contribution in [-0.4, -0.2) is 78.5 Å². The maximum Gasteiger partial charge on any atom is 0.494 e. The number of piperazine rings is 1. The van der Waals surface area contributed by atoms with Crippen molar-refractivity contribution in [2.75, 3.05) is 32.8 Å². The Bertz CT molecular complexity index is 827. The highest BCUT2D eigenvalue weighted by molar-refractivity contribution is 6.62. The van der Waals surface area contributed by atoms with E-state index < -0.39 is 23.9 Å². The lowest BCUT2D eigenvalue weighted by Gasteiger charge is -2.35. The summed E-state index contributed by atoms with van der Waals surface area (Å²) in [5, 5.41) is 0. The second-order valence-electron chi connectivity index (χ2n) is 10.3. The monoisotopic (exact) mass is 446 g/mol. The van der Waals surface area contributed by atoms with E-state index in [-0.39, 0.29) is 18.6 Å². The number of carbonyl (C=O) groups is 2. The van der Waals surface area contributed by atoms with E-state index in [1.165, 1.54) is 0 Å². The molecule has 2 fully saturated rings. The van der Waals surface area contributed by atoms with Gasteiger partial charge in [-0.1, -0.05) is 12.1 Å². The summed E-state index contributed by atoms with van der Waals surface area (Å²) in [5.74, 6) is 0.466. The van der Waals surface area contributed by atoms with E-state index in [9.17, 15) is 9.59 Å². The van der Waals surface area contributed by atoms with E-state index >= 15 is 0 Å². The summed E-state index contributed by atoms with van der Waals surface area (Å²) in [6.45, 7) is 15.3. The highest BCUT2D eigenvalue weighted by Crippen LogP contribution is 2.36. The van der Waals surface area contributed by atoms with Crippen LogP contribution < -0.4 is 10.2 Å². The predicted octanol–water partition coefficient (Wildman–Crippen LogP) is 2.44. The van der Waals surface area contributed by atoms with Crippen molar-refractivity contribution < 1.29 is 28.4 Å². The van der Waals surface area contributed by atoms with Gasteiger partial charge in [0.25, 0.3) is 5.91 Å². The first-order valence-corrected chi connectivity index (χ1v) is 11.1. The van der Waals surface area contributed by atoms with Gasteiger partial charge in [0.1, 0.15) is 11.4 Å². The number of carbonyl (C=O) groups excluding carboxylic acids is 2. The molecule has 0 unspecified atom stereocenters. The quantitative estimate of drug-likeness (QED) is 0.662. The zero-order valence-corrected chi connectivity index (χ0v) is 20.3. The normalized spacial score (nSPS) is 20.3. The van der Waals surface area contributed by atoms with Gasteiger partial charge >= 0.3 is 13.2 Å². The maximum absolute atomic E-state index is 12.6. The van der Waals surface area contributed by atoms with E-state index in [4.69, 9.17) is 18.8 Å². The fourth-order valence-corrected chi connectivity index (χ4v) is 3.43. The number of rotatable bonds is 4. The first-order valence-electron chi connectivity index (χ1n) is 11.1. The number of hydrogen-bond donors (Lipinski definition) is 0. The van der Waals surface area contributed by atoms with Crippen LogP contribution >= 0.6 is 0 Å². The van der Waals surface area contributed by atoms with Crippen LogP contribution in [0.2, 0.25) is 0 Å². The number of ether oxygens (including phenoxy) is 2. The van der Waals surface area contributed by atoms with Crippen molar-refractivity contribution in [1.29, 1.82) is 0 Å². The molecule has 0 aromatic heterocycles. The third-order valence-electron chi connectivity index (χ3n) is 6.03. The number of hydrogen-bond acceptors (Lipinski definition) is 6. The Kier molecular flexibility index (Phi) is 6.82. The molecule has 32 heavy (non-hydrogen) atoms. The number of nitrogens with zero attached hydrogens (tertiary/aromatic N) is 2. The van der Waals surface area contributed by atoms with Crippen LogP contribution in [0.5, 0.6) is 5.75 Å². The first-order chi connectivity index (χ1) is 14.8. The fraction of sp³-hybridized carbons (Fsp3) is 0.652. The molecular weight excluding hydrogens is 411 g/mol. The molecule has 1 aromatic carbocycles. The van der Waals surface area contributed by atoms with Gasteiger partial charge in [-0.3, -0.25) is 4.79 Å². The molecule has 3 rings (SSSR count). The molecule has 1 aromatic rings. The highest BCUT2D eigenvalue weighted by Gasteiger charge is 2.51. The molecule has 9 heteroatoms. The molecule has 0 saturated carbocycles. The summed E-state index contributed by atoms with van der Waals surface area (Å²) in [6.07, 6.45) is -0.347. The van der Waals surface area contributed by atoms with Gasteiger partial charge in [0.2, 0.25) is 0 Å². The Labute approximate surface area is 191 Å². The lowest BCUT2D eigenvalue weighted by Crippen LogP contribution is -2.52. The summed E-state index contributed by atoms with van der Waals surface area (Å²) >= 11 is 0. The lowest BCUT2D eigenvalue weighted by molar-refractivity contribution is -0.135. The third-order valence-corrected chi connectivity index (χ3v) is 6.03. The molecule has 0 radical (unpaired) electrons. The van der Waals surface area contributed by atoms with E-state index in [1.54, 1.807) is 9.80 Å². The van der Waals surface area contributed by atoms with Gasteiger partial charge in [-0.2, -0.15) is 0 Å². The minimum absolute atomic E-state index is 0.0702. The zero-order chi connectivity index (χ0) is 23.7. The van der Waals surface area contributed by atoms with Crippen molar-refractivity contribution in [3.05, 3.63) is 24.3 Å². The van der Waals surface area contributed by atoms with Crippen LogP contribution in [0.25, 0.3) is 0 Å². The molecule has 8 nitrogen and oxygen atoms in total. The summed E-state index contributed by atoms with van der Waals surface area (Å²) in [6, 6.07) is 7.44. The smallest absolute Gasteiger partial charge is 0.484 e. The second kappa shape index (κ2) is 8.94. The molecule has 0 N–H and O–H groups in total. The molecule has 0 spiro atoms. The Morgan fingerprint density at radius 3 is 2.12 bits per heavy atom. The van der Waals surface area contributed by atoms with Gasteiger partial charge < -0.3 is 28.6 Å². The molecular formula is C23H35BN2O6. The van der Waals surface area contributed by atoms with Crippen LogP contribution in [0.1, 0.15) is 48.5 Å². The number of amides is 2. The molecule has 2 aliphatic heterocycles. The van der Waals surface area contributed by atoms with Gasteiger partial charge in [0.15, 0.2) is 6.61 Å². The van der Waals surface area contributed by atoms with Crippen LogP contribution in [0, 0.1) is 0 Å². The molecule has 2 amide bonds. The predicted molar refractivity (Wildman–Crippen MR) is 122 cm³/mol. The van der Waals surface area contributed by atoms with Gasteiger partial charge in [0.05, 0.1) is 11.2 Å². The molecule has 2 saturated heterocycles. The Hall–Kier alpha value is -2.26. The number of benzene rings is 1. The lowest BCUT2D eigenvalue weighted by atomic mass is 9.79. The Morgan fingerprint density at radius 1 is 1.00 bits per heavy atom. The highest BCUT2D eigenvalue weighted by atomic mass is 16.7. The SMILES string of the molecule is CC(C)(C)OC(=O)N1CCN(C(=O)COc2cccc(B3OC(C)(C)C(C)(C)O3)c2)CC1. The van der Waals surface area contributed by atoms with Crippen LogP contribution in [0.15, 0.2) is 24.3 Å². The molecule has 2 heterocycles. The summed E-state index contributed by atoms with van der Waals surface area (Å²) in [4.78, 5) is 28.1. The summed E-state index contributed by atoms with van der Waals surface area (Å²) < 4.78 is 23.3. The first kappa shape index (κ1) is 24.4. The fourth-order valence-electron chi connectivity index (χ4n) is 3.43. The van der Waals surface area contributed by atoms with Gasteiger partial charge in [-0.05, 0) is 66.1 Å². The molecule has 176 valence electrons. The maximum atomic E-state index is 12.6. The van der Waals surface area contributed by atoms with Crippen molar-refractivity contribution in [2.45, 2.75) is 65.3 Å². The molecule has 2 aliphatic rings. The van der Waals surface area contributed by atoms with Crippen LogP contribution in [-0.2, 0) is 18.8 Å². The summed E-state index contributed by atoms with van der Waals surface area (Å²) in [7, 11) is -0.486. The molecule has 0 bridgehead atoms. The van der Waals surface area contributed by atoms with Gasteiger partial charge in [-0.25, -0.2) is 4.79 Å². The largest absolute Gasteiger partial charge is 0.494 e. The Balaban J connectivity index is 1.50. The van der Waals surface area contributed by atoms with Gasteiger partial charge in [0, 0.05) is 26.2 Å². The standard InChI is InChI=1S/C23H35BN2O6/c1-21(2,3)30-20(28)26-13-11-25(12-14-26)19(27)16-29-18-10-8-9-17(15-18)24-31-22(4,5)23(6,7)32-24/h8-10,15H,11-14,16H2,1-7H3. The van der Waals surface area contributed by atoms with E-state index in [1.807, 2.05) is 72.7 Å². The third kappa shape index (κ3) is 5.75. The Morgan fingerprint density at radius 2 is 1.56 bits per heavy atom. The van der Waals surface area contributed by atoms with Crippen molar-refractivity contribution in [1.82, 2.24) is 9.80 Å². The summed E-state index contributed by atoms with van der Waals surface area (Å²) in [5.41, 5.74) is -0.538. The van der Waals surface area contributed by atoms with E-state index in [0.717, 1.165) is 5.46 Å². The van der Waals surface area contributed by atoms with E-state index in [2.05, 4.69) is 0 Å². The second-order valence-corrected chi connectivity index (χ2v) is 10.3. The minimum Gasteiger partial charge on any atom is -0.484 e.